The van der Waals surface area contributed by atoms with E-state index >= 15 is 8.78 Å². The zero-order chi connectivity index (χ0) is 30.4. The minimum absolute atomic E-state index is 0.0540. The predicted molar refractivity (Wildman–Crippen MR) is 161 cm³/mol. The highest BCUT2D eigenvalue weighted by Gasteiger charge is 2.58. The summed E-state index contributed by atoms with van der Waals surface area (Å²) < 4.78 is 38.6. The lowest BCUT2D eigenvalue weighted by Gasteiger charge is -2.59. The molecule has 1 saturated carbocycles. The number of ether oxygens (including phenoxy) is 1. The number of fused-ring (bicyclic) bond motifs is 5. The lowest BCUT2D eigenvalue weighted by atomic mass is 9.72. The number of halogens is 2. The number of hydrogen-bond donors (Lipinski definition) is 4. The molecule has 11 heteroatoms. The summed E-state index contributed by atoms with van der Waals surface area (Å²) in [7, 11) is 0. The second kappa shape index (κ2) is 12.9. The Morgan fingerprint density at radius 1 is 1.12 bits per heavy atom. The summed E-state index contributed by atoms with van der Waals surface area (Å²) in [5, 5.41) is 13.7. The Kier molecular flexibility index (Phi) is 9.34. The highest BCUT2D eigenvalue weighted by atomic mass is 19.1. The average Bonchev–Trinajstić information content (AvgIpc) is 3.33. The first-order chi connectivity index (χ1) is 20.7. The smallest absolute Gasteiger partial charge is 0.320 e. The zero-order valence-corrected chi connectivity index (χ0v) is 26.0. The molecule has 1 aliphatic carbocycles. The van der Waals surface area contributed by atoms with Gasteiger partial charge in [-0.3, -0.25) is 15.0 Å². The Bertz CT molecular complexity index is 1040. The van der Waals surface area contributed by atoms with Gasteiger partial charge in [-0.1, -0.05) is 20.4 Å². The van der Waals surface area contributed by atoms with Crippen molar-refractivity contribution in [1.29, 1.82) is 0 Å². The van der Waals surface area contributed by atoms with Gasteiger partial charge in [0, 0.05) is 49.2 Å². The Morgan fingerprint density at radius 3 is 2.70 bits per heavy atom. The van der Waals surface area contributed by atoms with Crippen LogP contribution in [0.1, 0.15) is 72.1 Å². The van der Waals surface area contributed by atoms with E-state index in [0.29, 0.717) is 25.5 Å². The van der Waals surface area contributed by atoms with E-state index in [1.54, 1.807) is 0 Å². The van der Waals surface area contributed by atoms with Crippen molar-refractivity contribution in [1.82, 2.24) is 31.1 Å². The van der Waals surface area contributed by atoms with Gasteiger partial charge in [0.25, 0.3) is 0 Å². The van der Waals surface area contributed by atoms with Gasteiger partial charge < -0.3 is 25.6 Å². The molecule has 0 radical (unpaired) electrons. The zero-order valence-electron chi connectivity index (χ0n) is 26.0. The number of carbonyl (C=O) groups excluding carboxylic acids is 2. The van der Waals surface area contributed by atoms with Crippen molar-refractivity contribution in [3.63, 3.8) is 0 Å². The second-order valence-electron chi connectivity index (χ2n) is 14.3. The van der Waals surface area contributed by atoms with Gasteiger partial charge in [0.1, 0.15) is 12.3 Å². The summed E-state index contributed by atoms with van der Waals surface area (Å²) in [4.78, 5) is 30.7. The van der Waals surface area contributed by atoms with Gasteiger partial charge in [0.05, 0.1) is 24.5 Å². The Labute approximate surface area is 255 Å². The topological polar surface area (TPSA) is 98.0 Å². The SMILES string of the molecule is C=CC(=O)N[C@H]1CCN(C2NC(=O)N3C4NC(C(F)CC42)C2C(F)CCCC2OCCCC2CCNC(C(C)C)C23)[C@H]1C. The molecular weight excluding hydrogens is 554 g/mol. The Balaban J connectivity index is 1.37. The van der Waals surface area contributed by atoms with Crippen molar-refractivity contribution in [2.75, 3.05) is 19.7 Å². The fourth-order valence-corrected chi connectivity index (χ4v) is 9.50. The van der Waals surface area contributed by atoms with Crippen LogP contribution in [-0.2, 0) is 9.53 Å². The van der Waals surface area contributed by atoms with Crippen LogP contribution in [0.4, 0.5) is 13.6 Å². The monoisotopic (exact) mass is 606 g/mol. The molecule has 9 nitrogen and oxygen atoms in total. The molecule has 3 amide bonds. The van der Waals surface area contributed by atoms with Crippen molar-refractivity contribution >= 4 is 11.9 Å². The molecule has 5 aliphatic heterocycles. The van der Waals surface area contributed by atoms with E-state index in [1.807, 2.05) is 4.90 Å². The van der Waals surface area contributed by atoms with Gasteiger partial charge in [-0.2, -0.15) is 0 Å². The van der Waals surface area contributed by atoms with Gasteiger partial charge in [0.2, 0.25) is 5.91 Å². The summed E-state index contributed by atoms with van der Waals surface area (Å²) in [6.07, 6.45) is 3.31. The van der Waals surface area contributed by atoms with Crippen molar-refractivity contribution < 1.29 is 23.1 Å². The number of likely N-dealkylation sites (tertiary alicyclic amines) is 1. The summed E-state index contributed by atoms with van der Waals surface area (Å²) in [5.74, 6) is -0.480. The number of carbonyl (C=O) groups is 2. The van der Waals surface area contributed by atoms with E-state index in [4.69, 9.17) is 4.74 Å². The van der Waals surface area contributed by atoms with Crippen LogP contribution >= 0.6 is 0 Å². The van der Waals surface area contributed by atoms with Crippen molar-refractivity contribution in [2.45, 2.75) is 133 Å². The van der Waals surface area contributed by atoms with E-state index in [-0.39, 0.29) is 60.5 Å². The van der Waals surface area contributed by atoms with E-state index in [1.165, 1.54) is 6.08 Å². The molecular formula is C32H52F2N6O3. The molecule has 0 aromatic heterocycles. The van der Waals surface area contributed by atoms with Gasteiger partial charge >= 0.3 is 6.03 Å². The van der Waals surface area contributed by atoms with Crippen molar-refractivity contribution in [2.24, 2.45) is 23.7 Å². The fraction of sp³-hybridized carbons (Fsp3) is 0.875. The summed E-state index contributed by atoms with van der Waals surface area (Å²) in [6.45, 7) is 12.1. The molecule has 242 valence electrons. The third kappa shape index (κ3) is 5.84. The normalized spacial score (nSPS) is 45.7. The fourth-order valence-electron chi connectivity index (χ4n) is 9.50. The van der Waals surface area contributed by atoms with Crippen LogP contribution in [0.15, 0.2) is 12.7 Å². The molecule has 5 heterocycles. The molecule has 43 heavy (non-hydrogen) atoms. The highest BCUT2D eigenvalue weighted by molar-refractivity contribution is 5.87. The quantitative estimate of drug-likeness (QED) is 0.368. The van der Waals surface area contributed by atoms with E-state index in [9.17, 15) is 9.59 Å². The van der Waals surface area contributed by atoms with Gasteiger partial charge in [-0.05, 0) is 82.7 Å². The molecule has 0 aromatic rings. The first-order valence-corrected chi connectivity index (χ1v) is 16.9. The number of urea groups is 1. The first kappa shape index (κ1) is 31.2. The maximum atomic E-state index is 16.5. The molecule has 13 atom stereocenters. The number of nitrogens with one attached hydrogen (secondary N) is 4. The largest absolute Gasteiger partial charge is 0.378 e. The van der Waals surface area contributed by atoms with Crippen molar-refractivity contribution in [3.05, 3.63) is 12.7 Å². The molecule has 11 unspecified atom stereocenters. The van der Waals surface area contributed by atoms with Crippen LogP contribution in [0.25, 0.3) is 0 Å². The molecule has 4 N–H and O–H groups in total. The van der Waals surface area contributed by atoms with Crippen LogP contribution < -0.4 is 21.3 Å². The molecule has 6 fully saturated rings. The summed E-state index contributed by atoms with van der Waals surface area (Å²) in [6, 6.07) is -0.999. The minimum Gasteiger partial charge on any atom is -0.378 e. The number of amides is 3. The summed E-state index contributed by atoms with van der Waals surface area (Å²) in [5.41, 5.74) is 0. The van der Waals surface area contributed by atoms with E-state index < -0.39 is 36.6 Å². The Hall–Kier alpha value is -1.82. The van der Waals surface area contributed by atoms with Crippen molar-refractivity contribution in [3.8, 4) is 0 Å². The molecule has 2 bridgehead atoms. The van der Waals surface area contributed by atoms with Gasteiger partial charge in [-0.15, -0.1) is 0 Å². The second-order valence-corrected chi connectivity index (χ2v) is 14.3. The van der Waals surface area contributed by atoms with Gasteiger partial charge in [0.15, 0.2) is 0 Å². The van der Waals surface area contributed by atoms with Crippen LogP contribution in [0.5, 0.6) is 0 Å². The lowest BCUT2D eigenvalue weighted by Crippen LogP contribution is -2.79. The number of alkyl halides is 2. The molecule has 6 rings (SSSR count). The number of nitrogens with zero attached hydrogens (tertiary/aromatic N) is 2. The minimum atomic E-state index is -1.27. The lowest BCUT2D eigenvalue weighted by molar-refractivity contribution is -0.119. The first-order valence-electron chi connectivity index (χ1n) is 16.9. The maximum Gasteiger partial charge on any atom is 0.320 e. The standard InChI is InChI=1S/C32H52F2N6O3/c1-5-25(41)36-23-12-14-39(18(23)4)30-20-16-22(34)28-26-21(33)9-6-10-24(26)43-15-7-8-19-11-13-35-27(17(2)3)29(19)40(31(20)37-28)32(42)38-30/h5,17-24,26-31,35,37H,1,6-16H2,2-4H3,(H,36,41)(H,38,42)/t18-,19?,20?,21?,22?,23-,24?,26?,27?,28?,29?,30?,31?/m0/s1. The van der Waals surface area contributed by atoms with E-state index in [2.05, 4.69) is 53.5 Å². The number of piperidine rings is 2. The highest BCUT2D eigenvalue weighted by Crippen LogP contribution is 2.44. The maximum absolute atomic E-state index is 16.5. The third-order valence-electron chi connectivity index (χ3n) is 11.6. The van der Waals surface area contributed by atoms with Crippen LogP contribution in [0.2, 0.25) is 0 Å². The predicted octanol–water partition coefficient (Wildman–Crippen LogP) is 3.06. The molecule has 6 aliphatic rings. The average molecular weight is 607 g/mol. The van der Waals surface area contributed by atoms with Gasteiger partial charge in [-0.25, -0.2) is 13.6 Å². The Morgan fingerprint density at radius 2 is 1.93 bits per heavy atom. The van der Waals surface area contributed by atoms with Crippen LogP contribution in [-0.4, -0.2) is 102 Å². The molecule has 0 spiro atoms. The van der Waals surface area contributed by atoms with Crippen LogP contribution in [0, 0.1) is 23.7 Å². The van der Waals surface area contributed by atoms with E-state index in [0.717, 1.165) is 45.1 Å². The summed E-state index contributed by atoms with van der Waals surface area (Å²) >= 11 is 0. The number of rotatable bonds is 4. The third-order valence-corrected chi connectivity index (χ3v) is 11.6. The molecule has 0 aromatic carbocycles. The number of hydrogen-bond acceptors (Lipinski definition) is 6. The molecule has 5 saturated heterocycles. The van der Waals surface area contributed by atoms with Crippen LogP contribution in [0.3, 0.4) is 0 Å².